The number of rotatable bonds is 8. The standard InChI is InChI=1S/C14H25NO4/c1-11(14(17)18)19-10-9-15-13(16)8-7-12-5-3-2-4-6-12/h11-12H,2-10H2,1H3,(H,15,16)(H,17,18). The third-order valence-corrected chi connectivity index (χ3v) is 3.64. The second kappa shape index (κ2) is 8.91. The molecular formula is C14H25NO4. The molecule has 19 heavy (non-hydrogen) atoms. The highest BCUT2D eigenvalue weighted by Crippen LogP contribution is 2.27. The SMILES string of the molecule is CC(OCCNC(=O)CCC1CCCCC1)C(=O)O. The Balaban J connectivity index is 2.00. The molecule has 110 valence electrons. The number of hydrogen-bond donors (Lipinski definition) is 2. The van der Waals surface area contributed by atoms with Crippen LogP contribution in [-0.4, -0.2) is 36.2 Å². The van der Waals surface area contributed by atoms with Gasteiger partial charge in [-0.15, -0.1) is 0 Å². The van der Waals surface area contributed by atoms with Crippen LogP contribution in [0, 0.1) is 5.92 Å². The Hall–Kier alpha value is -1.10. The summed E-state index contributed by atoms with van der Waals surface area (Å²) in [5.74, 6) is -0.233. The van der Waals surface area contributed by atoms with Crippen LogP contribution in [0.15, 0.2) is 0 Å². The van der Waals surface area contributed by atoms with E-state index in [4.69, 9.17) is 9.84 Å². The molecule has 1 aliphatic carbocycles. The van der Waals surface area contributed by atoms with Crippen molar-refractivity contribution in [3.05, 3.63) is 0 Å². The summed E-state index contributed by atoms with van der Waals surface area (Å²) < 4.78 is 5.03. The maximum Gasteiger partial charge on any atom is 0.332 e. The maximum atomic E-state index is 11.6. The minimum Gasteiger partial charge on any atom is -0.479 e. The Bertz CT molecular complexity index is 287. The van der Waals surface area contributed by atoms with E-state index < -0.39 is 12.1 Å². The van der Waals surface area contributed by atoms with Gasteiger partial charge in [-0.05, 0) is 19.3 Å². The van der Waals surface area contributed by atoms with Crippen molar-refractivity contribution in [2.45, 2.75) is 58.0 Å². The minimum atomic E-state index is -0.983. The van der Waals surface area contributed by atoms with E-state index in [0.717, 1.165) is 6.42 Å². The summed E-state index contributed by atoms with van der Waals surface area (Å²) in [5, 5.41) is 11.4. The fourth-order valence-electron chi connectivity index (χ4n) is 2.40. The first-order valence-electron chi connectivity index (χ1n) is 7.20. The summed E-state index contributed by atoms with van der Waals surface area (Å²) in [6, 6.07) is 0. The lowest BCUT2D eigenvalue weighted by atomic mass is 9.86. The second-order valence-electron chi connectivity index (χ2n) is 5.24. The van der Waals surface area contributed by atoms with E-state index in [1.807, 2.05) is 0 Å². The molecule has 0 aliphatic heterocycles. The molecule has 2 N–H and O–H groups in total. The molecule has 1 amide bonds. The molecule has 0 saturated heterocycles. The number of ether oxygens (including phenoxy) is 1. The lowest BCUT2D eigenvalue weighted by Gasteiger charge is -2.21. The van der Waals surface area contributed by atoms with E-state index in [2.05, 4.69) is 5.32 Å². The summed E-state index contributed by atoms with van der Waals surface area (Å²) >= 11 is 0. The molecule has 0 bridgehead atoms. The van der Waals surface area contributed by atoms with Crippen LogP contribution in [0.2, 0.25) is 0 Å². The molecule has 0 radical (unpaired) electrons. The summed E-state index contributed by atoms with van der Waals surface area (Å²) in [4.78, 5) is 22.1. The van der Waals surface area contributed by atoms with Crippen molar-refractivity contribution in [2.24, 2.45) is 5.92 Å². The molecule has 1 unspecified atom stereocenters. The Morgan fingerprint density at radius 2 is 2.00 bits per heavy atom. The van der Waals surface area contributed by atoms with E-state index in [0.29, 0.717) is 18.9 Å². The summed E-state index contributed by atoms with van der Waals surface area (Å²) in [7, 11) is 0. The maximum absolute atomic E-state index is 11.6. The summed E-state index contributed by atoms with van der Waals surface area (Å²) in [6.07, 6.45) is 7.16. The average molecular weight is 271 g/mol. The van der Waals surface area contributed by atoms with Gasteiger partial charge in [0.15, 0.2) is 6.10 Å². The predicted octanol–water partition coefficient (Wildman–Crippen LogP) is 1.95. The quantitative estimate of drug-likeness (QED) is 0.662. The first kappa shape index (κ1) is 16.0. The van der Waals surface area contributed by atoms with Gasteiger partial charge < -0.3 is 15.2 Å². The fourth-order valence-corrected chi connectivity index (χ4v) is 2.40. The van der Waals surface area contributed by atoms with Crippen LogP contribution in [0.4, 0.5) is 0 Å². The third-order valence-electron chi connectivity index (χ3n) is 3.64. The van der Waals surface area contributed by atoms with E-state index in [-0.39, 0.29) is 12.5 Å². The van der Waals surface area contributed by atoms with Crippen molar-refractivity contribution in [1.82, 2.24) is 5.32 Å². The van der Waals surface area contributed by atoms with Gasteiger partial charge in [0.05, 0.1) is 6.61 Å². The zero-order valence-electron chi connectivity index (χ0n) is 11.7. The summed E-state index contributed by atoms with van der Waals surface area (Å²) in [5.41, 5.74) is 0. The smallest absolute Gasteiger partial charge is 0.332 e. The van der Waals surface area contributed by atoms with Gasteiger partial charge in [-0.2, -0.15) is 0 Å². The number of carbonyl (C=O) groups excluding carboxylic acids is 1. The van der Waals surface area contributed by atoms with Crippen LogP contribution in [0.5, 0.6) is 0 Å². The second-order valence-corrected chi connectivity index (χ2v) is 5.24. The van der Waals surface area contributed by atoms with Crippen LogP contribution in [0.1, 0.15) is 51.9 Å². The highest BCUT2D eigenvalue weighted by Gasteiger charge is 2.15. The van der Waals surface area contributed by atoms with E-state index in [1.165, 1.54) is 39.0 Å². The van der Waals surface area contributed by atoms with Gasteiger partial charge in [-0.3, -0.25) is 4.79 Å². The summed E-state index contributed by atoms with van der Waals surface area (Å²) in [6.45, 7) is 2.09. The first-order valence-corrected chi connectivity index (χ1v) is 7.20. The molecule has 0 aromatic rings. The van der Waals surface area contributed by atoms with E-state index >= 15 is 0 Å². The number of amides is 1. The molecule has 0 aromatic carbocycles. The topological polar surface area (TPSA) is 75.6 Å². The van der Waals surface area contributed by atoms with Crippen LogP contribution < -0.4 is 5.32 Å². The first-order chi connectivity index (χ1) is 9.09. The zero-order valence-corrected chi connectivity index (χ0v) is 11.7. The Kier molecular flexibility index (Phi) is 7.48. The normalized spacial score (nSPS) is 17.9. The molecule has 1 aliphatic rings. The molecule has 0 heterocycles. The van der Waals surface area contributed by atoms with Crippen LogP contribution in [-0.2, 0) is 14.3 Å². The van der Waals surface area contributed by atoms with Crippen LogP contribution >= 0.6 is 0 Å². The van der Waals surface area contributed by atoms with Crippen molar-refractivity contribution < 1.29 is 19.4 Å². The lowest BCUT2D eigenvalue weighted by Crippen LogP contribution is -2.30. The van der Waals surface area contributed by atoms with Crippen molar-refractivity contribution in [2.75, 3.05) is 13.2 Å². The Morgan fingerprint density at radius 3 is 2.63 bits per heavy atom. The predicted molar refractivity (Wildman–Crippen MR) is 71.9 cm³/mol. The molecule has 5 heteroatoms. The number of carboxylic acid groups (broad SMARTS) is 1. The number of hydrogen-bond acceptors (Lipinski definition) is 3. The van der Waals surface area contributed by atoms with Gasteiger partial charge in [0.25, 0.3) is 0 Å². The molecule has 1 fully saturated rings. The van der Waals surface area contributed by atoms with Crippen molar-refractivity contribution in [1.29, 1.82) is 0 Å². The lowest BCUT2D eigenvalue weighted by molar-refractivity contribution is -0.148. The molecule has 5 nitrogen and oxygen atoms in total. The van der Waals surface area contributed by atoms with Crippen LogP contribution in [0.25, 0.3) is 0 Å². The van der Waals surface area contributed by atoms with Crippen molar-refractivity contribution in [3.63, 3.8) is 0 Å². The molecule has 1 atom stereocenters. The number of nitrogens with one attached hydrogen (secondary N) is 1. The van der Waals surface area contributed by atoms with Crippen molar-refractivity contribution in [3.8, 4) is 0 Å². The van der Waals surface area contributed by atoms with Gasteiger partial charge in [-0.25, -0.2) is 4.79 Å². The zero-order chi connectivity index (χ0) is 14.1. The monoisotopic (exact) mass is 271 g/mol. The highest BCUT2D eigenvalue weighted by molar-refractivity contribution is 5.75. The molecule has 1 rings (SSSR count). The highest BCUT2D eigenvalue weighted by atomic mass is 16.5. The minimum absolute atomic E-state index is 0.0390. The number of aliphatic carboxylic acids is 1. The number of carboxylic acids is 1. The van der Waals surface area contributed by atoms with Gasteiger partial charge in [-0.1, -0.05) is 32.1 Å². The van der Waals surface area contributed by atoms with E-state index in [9.17, 15) is 9.59 Å². The Labute approximate surface area is 114 Å². The average Bonchev–Trinajstić information content (AvgIpc) is 2.42. The van der Waals surface area contributed by atoms with Gasteiger partial charge in [0.1, 0.15) is 0 Å². The molecular weight excluding hydrogens is 246 g/mol. The molecule has 1 saturated carbocycles. The third kappa shape index (κ3) is 7.15. The van der Waals surface area contributed by atoms with Crippen molar-refractivity contribution >= 4 is 11.9 Å². The molecule has 0 spiro atoms. The molecule has 0 aromatic heterocycles. The number of carbonyl (C=O) groups is 2. The van der Waals surface area contributed by atoms with E-state index in [1.54, 1.807) is 0 Å². The van der Waals surface area contributed by atoms with Crippen LogP contribution in [0.3, 0.4) is 0 Å². The van der Waals surface area contributed by atoms with Gasteiger partial charge in [0, 0.05) is 13.0 Å². The Morgan fingerprint density at radius 1 is 1.32 bits per heavy atom. The van der Waals surface area contributed by atoms with Gasteiger partial charge in [0.2, 0.25) is 5.91 Å². The fraction of sp³-hybridized carbons (Fsp3) is 0.857. The largest absolute Gasteiger partial charge is 0.479 e. The van der Waals surface area contributed by atoms with Gasteiger partial charge >= 0.3 is 5.97 Å².